The minimum absolute atomic E-state index is 0.0438. The molecule has 0 saturated carbocycles. The third-order valence-corrected chi connectivity index (χ3v) is 3.54. The van der Waals surface area contributed by atoms with Crippen molar-refractivity contribution in [3.05, 3.63) is 0 Å². The molecule has 0 aromatic carbocycles. The number of aliphatic hydroxyl groups is 1. The van der Waals surface area contributed by atoms with Crippen LogP contribution in [0.5, 0.6) is 0 Å². The van der Waals surface area contributed by atoms with Crippen LogP contribution in [0.4, 0.5) is 0 Å². The van der Waals surface area contributed by atoms with E-state index in [1.165, 1.54) is 19.3 Å². The maximum atomic E-state index is 9.64. The molecular weight excluding hydrogens is 228 g/mol. The lowest BCUT2D eigenvalue weighted by Gasteiger charge is -2.23. The molecule has 1 rings (SSSR count). The summed E-state index contributed by atoms with van der Waals surface area (Å²) in [5.74, 6) is 0.663. The number of ether oxygens (including phenoxy) is 2. The van der Waals surface area contributed by atoms with E-state index < -0.39 is 5.60 Å². The average Bonchev–Trinajstić information content (AvgIpc) is 2.28. The Morgan fingerprint density at radius 3 is 2.72 bits per heavy atom. The highest BCUT2D eigenvalue weighted by Crippen LogP contribution is 2.19. The maximum Gasteiger partial charge on any atom is 0.157 e. The van der Waals surface area contributed by atoms with Gasteiger partial charge in [0.2, 0.25) is 0 Å². The third-order valence-electron chi connectivity index (χ3n) is 3.54. The summed E-state index contributed by atoms with van der Waals surface area (Å²) >= 11 is 0. The molecule has 2 unspecified atom stereocenters. The van der Waals surface area contributed by atoms with Gasteiger partial charge in [-0.1, -0.05) is 19.8 Å². The van der Waals surface area contributed by atoms with E-state index in [-0.39, 0.29) is 6.29 Å². The summed E-state index contributed by atoms with van der Waals surface area (Å²) in [4.78, 5) is 0. The normalized spacial score (nSPS) is 23.0. The van der Waals surface area contributed by atoms with E-state index in [2.05, 4.69) is 6.92 Å². The zero-order valence-corrected chi connectivity index (χ0v) is 12.3. The third kappa shape index (κ3) is 8.06. The van der Waals surface area contributed by atoms with Crippen molar-refractivity contribution in [2.24, 2.45) is 5.92 Å². The van der Waals surface area contributed by atoms with Crippen molar-refractivity contribution in [3.63, 3.8) is 0 Å². The number of rotatable bonds is 8. The zero-order chi connectivity index (χ0) is 13.4. The molecule has 18 heavy (non-hydrogen) atoms. The molecule has 0 spiro atoms. The molecule has 1 N–H and O–H groups in total. The zero-order valence-electron chi connectivity index (χ0n) is 12.3. The lowest BCUT2D eigenvalue weighted by molar-refractivity contribution is -0.164. The van der Waals surface area contributed by atoms with Gasteiger partial charge in [-0.3, -0.25) is 0 Å². The van der Waals surface area contributed by atoms with Crippen molar-refractivity contribution in [2.75, 3.05) is 13.2 Å². The van der Waals surface area contributed by atoms with Crippen LogP contribution in [-0.4, -0.2) is 30.2 Å². The van der Waals surface area contributed by atoms with Gasteiger partial charge in [0.15, 0.2) is 6.29 Å². The van der Waals surface area contributed by atoms with E-state index >= 15 is 0 Å². The molecule has 1 saturated heterocycles. The Bertz CT molecular complexity index is 204. The summed E-state index contributed by atoms with van der Waals surface area (Å²) in [5.41, 5.74) is -0.522. The molecule has 1 heterocycles. The first-order valence-corrected chi connectivity index (χ1v) is 7.43. The molecule has 108 valence electrons. The fourth-order valence-electron chi connectivity index (χ4n) is 2.27. The topological polar surface area (TPSA) is 38.7 Å². The van der Waals surface area contributed by atoms with Gasteiger partial charge in [0.05, 0.1) is 5.60 Å². The molecule has 2 atom stereocenters. The molecule has 0 bridgehead atoms. The van der Waals surface area contributed by atoms with Crippen LogP contribution in [-0.2, 0) is 9.47 Å². The Kier molecular flexibility index (Phi) is 7.20. The Hall–Kier alpha value is -0.120. The molecule has 1 fully saturated rings. The van der Waals surface area contributed by atoms with E-state index in [4.69, 9.17) is 9.47 Å². The van der Waals surface area contributed by atoms with Gasteiger partial charge in [0.25, 0.3) is 0 Å². The fraction of sp³-hybridized carbons (Fsp3) is 1.00. The lowest BCUT2D eigenvalue weighted by Crippen LogP contribution is -2.23. The van der Waals surface area contributed by atoms with Crippen molar-refractivity contribution >= 4 is 0 Å². The van der Waals surface area contributed by atoms with Gasteiger partial charge in [-0.2, -0.15) is 0 Å². The van der Waals surface area contributed by atoms with Crippen molar-refractivity contribution in [3.8, 4) is 0 Å². The molecule has 0 aliphatic carbocycles. The molecule has 1 aliphatic heterocycles. The summed E-state index contributed by atoms with van der Waals surface area (Å²) in [6, 6.07) is 0. The van der Waals surface area contributed by atoms with Crippen LogP contribution >= 0.6 is 0 Å². The average molecular weight is 258 g/mol. The summed E-state index contributed by atoms with van der Waals surface area (Å²) in [7, 11) is 0. The highest BCUT2D eigenvalue weighted by atomic mass is 16.7. The first-order chi connectivity index (χ1) is 8.47. The van der Waals surface area contributed by atoms with Crippen molar-refractivity contribution in [1.82, 2.24) is 0 Å². The Morgan fingerprint density at radius 1 is 1.33 bits per heavy atom. The van der Waals surface area contributed by atoms with Gasteiger partial charge in [0.1, 0.15) is 0 Å². The molecule has 0 radical (unpaired) electrons. The minimum Gasteiger partial charge on any atom is -0.390 e. The lowest BCUT2D eigenvalue weighted by atomic mass is 9.95. The summed E-state index contributed by atoms with van der Waals surface area (Å²) in [6.45, 7) is 7.66. The SMILES string of the molecule is CC(CCCC(C)(C)O)CCOC1CCCCO1. The van der Waals surface area contributed by atoms with Crippen LogP contribution in [0.15, 0.2) is 0 Å². The van der Waals surface area contributed by atoms with Gasteiger partial charge < -0.3 is 14.6 Å². The fourth-order valence-corrected chi connectivity index (χ4v) is 2.27. The molecule has 0 aromatic heterocycles. The Morgan fingerprint density at radius 2 is 2.11 bits per heavy atom. The molecule has 0 aromatic rings. The molecule has 3 nitrogen and oxygen atoms in total. The van der Waals surface area contributed by atoms with Crippen LogP contribution in [0.1, 0.15) is 65.7 Å². The van der Waals surface area contributed by atoms with E-state index in [0.717, 1.165) is 38.9 Å². The Labute approximate surface area is 112 Å². The van der Waals surface area contributed by atoms with Gasteiger partial charge >= 0.3 is 0 Å². The van der Waals surface area contributed by atoms with Crippen LogP contribution in [0, 0.1) is 5.92 Å². The summed E-state index contributed by atoms with van der Waals surface area (Å²) in [6.07, 6.45) is 7.72. The molecule has 0 amide bonds. The number of hydrogen-bond acceptors (Lipinski definition) is 3. The minimum atomic E-state index is -0.522. The van der Waals surface area contributed by atoms with Crippen LogP contribution < -0.4 is 0 Å². The Balaban J connectivity index is 1.97. The summed E-state index contributed by atoms with van der Waals surface area (Å²) in [5, 5.41) is 9.64. The largest absolute Gasteiger partial charge is 0.390 e. The van der Waals surface area contributed by atoms with Gasteiger partial charge in [-0.25, -0.2) is 0 Å². The highest BCUT2D eigenvalue weighted by molar-refractivity contribution is 4.66. The van der Waals surface area contributed by atoms with Gasteiger partial charge in [0, 0.05) is 13.2 Å². The molecule has 1 aliphatic rings. The van der Waals surface area contributed by atoms with E-state index in [1.54, 1.807) is 0 Å². The smallest absolute Gasteiger partial charge is 0.157 e. The second kappa shape index (κ2) is 8.13. The first-order valence-electron chi connectivity index (χ1n) is 7.43. The van der Waals surface area contributed by atoms with Crippen molar-refractivity contribution in [1.29, 1.82) is 0 Å². The quantitative estimate of drug-likeness (QED) is 0.724. The van der Waals surface area contributed by atoms with Crippen LogP contribution in [0.3, 0.4) is 0 Å². The maximum absolute atomic E-state index is 9.64. The first kappa shape index (κ1) is 15.9. The van der Waals surface area contributed by atoms with Gasteiger partial charge in [-0.05, 0) is 51.9 Å². The van der Waals surface area contributed by atoms with Crippen LogP contribution in [0.25, 0.3) is 0 Å². The second-order valence-electron chi connectivity index (χ2n) is 6.27. The standard InChI is InChI=1S/C15H30O3/c1-13(7-6-10-15(2,3)16)9-12-18-14-8-4-5-11-17-14/h13-14,16H,4-12H2,1-3H3. The van der Waals surface area contributed by atoms with Crippen molar-refractivity contribution < 1.29 is 14.6 Å². The van der Waals surface area contributed by atoms with Crippen LogP contribution in [0.2, 0.25) is 0 Å². The van der Waals surface area contributed by atoms with E-state index in [0.29, 0.717) is 5.92 Å². The number of hydrogen-bond donors (Lipinski definition) is 1. The summed E-state index contributed by atoms with van der Waals surface area (Å²) < 4.78 is 11.3. The predicted molar refractivity (Wildman–Crippen MR) is 73.5 cm³/mol. The monoisotopic (exact) mass is 258 g/mol. The molecular formula is C15H30O3. The second-order valence-corrected chi connectivity index (χ2v) is 6.27. The highest BCUT2D eigenvalue weighted by Gasteiger charge is 2.15. The van der Waals surface area contributed by atoms with E-state index in [9.17, 15) is 5.11 Å². The van der Waals surface area contributed by atoms with E-state index in [1.807, 2.05) is 13.8 Å². The van der Waals surface area contributed by atoms with Crippen molar-refractivity contribution in [2.45, 2.75) is 77.6 Å². The van der Waals surface area contributed by atoms with Gasteiger partial charge in [-0.15, -0.1) is 0 Å². The molecule has 3 heteroatoms. The predicted octanol–water partition coefficient (Wildman–Crippen LogP) is 3.50.